The van der Waals surface area contributed by atoms with Crippen LogP contribution in [-0.2, 0) is 9.47 Å². The summed E-state index contributed by atoms with van der Waals surface area (Å²) in [7, 11) is 0. The summed E-state index contributed by atoms with van der Waals surface area (Å²) in [6.07, 6.45) is 5.67. The summed E-state index contributed by atoms with van der Waals surface area (Å²) in [6, 6.07) is 0.274. The van der Waals surface area contributed by atoms with Gasteiger partial charge in [0.05, 0.1) is 25.9 Å². The predicted octanol–water partition coefficient (Wildman–Crippen LogP) is 2.16. The number of rotatable bonds is 6. The van der Waals surface area contributed by atoms with Gasteiger partial charge in [-0.2, -0.15) is 0 Å². The number of ether oxygens (including phenoxy) is 2. The van der Waals surface area contributed by atoms with E-state index < -0.39 is 0 Å². The molecule has 2 rings (SSSR count). The van der Waals surface area contributed by atoms with Crippen LogP contribution in [0.2, 0.25) is 0 Å². The van der Waals surface area contributed by atoms with Crippen molar-refractivity contribution in [2.24, 2.45) is 0 Å². The molecular formula is C16H30N2O2. The Labute approximate surface area is 123 Å². The van der Waals surface area contributed by atoms with Crippen LogP contribution in [-0.4, -0.2) is 55.9 Å². The van der Waals surface area contributed by atoms with E-state index in [-0.39, 0.29) is 11.6 Å². The quantitative estimate of drug-likeness (QED) is 0.809. The molecule has 0 saturated carbocycles. The number of nitrogens with zero attached hydrogens (tertiary/aromatic N) is 1. The fraction of sp³-hybridized carbons (Fsp3) is 0.875. The van der Waals surface area contributed by atoms with Crippen LogP contribution in [0.3, 0.4) is 0 Å². The highest BCUT2D eigenvalue weighted by atomic mass is 16.5. The molecule has 2 heterocycles. The lowest BCUT2D eigenvalue weighted by molar-refractivity contribution is -0.0355. The predicted molar refractivity (Wildman–Crippen MR) is 81.8 cm³/mol. The molecule has 116 valence electrons. The molecule has 2 aliphatic rings. The molecule has 2 aliphatic heterocycles. The van der Waals surface area contributed by atoms with Gasteiger partial charge in [-0.3, -0.25) is 4.90 Å². The summed E-state index contributed by atoms with van der Waals surface area (Å²) in [4.78, 5) is 2.57. The minimum absolute atomic E-state index is 0.0863. The summed E-state index contributed by atoms with van der Waals surface area (Å²) in [5.74, 6) is 1.15. The van der Waals surface area contributed by atoms with Gasteiger partial charge < -0.3 is 14.8 Å². The van der Waals surface area contributed by atoms with Gasteiger partial charge in [0.2, 0.25) is 0 Å². The van der Waals surface area contributed by atoms with Crippen LogP contribution < -0.4 is 5.32 Å². The van der Waals surface area contributed by atoms with Gasteiger partial charge in [-0.25, -0.2) is 0 Å². The third kappa shape index (κ3) is 3.35. The van der Waals surface area contributed by atoms with Gasteiger partial charge in [-0.15, -0.1) is 0 Å². The van der Waals surface area contributed by atoms with Gasteiger partial charge in [-0.1, -0.05) is 13.8 Å². The summed E-state index contributed by atoms with van der Waals surface area (Å²) in [6.45, 7) is 12.4. The number of morpholine rings is 1. The maximum atomic E-state index is 5.97. The molecule has 1 N–H and O–H groups in total. The fourth-order valence-corrected chi connectivity index (χ4v) is 3.29. The zero-order valence-electron chi connectivity index (χ0n) is 13.3. The molecule has 0 amide bonds. The van der Waals surface area contributed by atoms with Gasteiger partial charge in [0.1, 0.15) is 5.76 Å². The van der Waals surface area contributed by atoms with Crippen molar-refractivity contribution in [3.63, 3.8) is 0 Å². The Hall–Kier alpha value is -0.580. The largest absolute Gasteiger partial charge is 0.497 e. The Bertz CT molecular complexity index is 326. The number of likely N-dealkylation sites (N-methyl/N-ethyl adjacent to an activating group) is 1. The SMILES string of the molecule is CCNC(C1=CCCCO1)C(C)(CC)N1CCOCC1. The monoisotopic (exact) mass is 282 g/mol. The first-order valence-corrected chi connectivity index (χ1v) is 8.11. The molecule has 0 radical (unpaired) electrons. The van der Waals surface area contributed by atoms with Crippen LogP contribution in [0.1, 0.15) is 40.0 Å². The smallest absolute Gasteiger partial charge is 0.111 e. The number of allylic oxidation sites excluding steroid dienone is 1. The Morgan fingerprint density at radius 2 is 2.05 bits per heavy atom. The zero-order chi connectivity index (χ0) is 14.4. The highest BCUT2D eigenvalue weighted by molar-refractivity contribution is 5.15. The molecule has 4 heteroatoms. The highest BCUT2D eigenvalue weighted by Gasteiger charge is 2.41. The lowest BCUT2D eigenvalue weighted by Gasteiger charge is -2.48. The first kappa shape index (κ1) is 15.8. The number of nitrogens with one attached hydrogen (secondary N) is 1. The molecular weight excluding hydrogens is 252 g/mol. The molecule has 0 bridgehead atoms. The molecule has 0 aromatic heterocycles. The van der Waals surface area contributed by atoms with Crippen LogP contribution >= 0.6 is 0 Å². The summed E-state index contributed by atoms with van der Waals surface area (Å²) in [5.41, 5.74) is 0.0863. The van der Waals surface area contributed by atoms with Crippen molar-refractivity contribution >= 4 is 0 Å². The Kier molecular flexibility index (Phi) is 5.87. The lowest BCUT2D eigenvalue weighted by atomic mass is 9.84. The minimum Gasteiger partial charge on any atom is -0.497 e. The normalized spacial score (nSPS) is 25.4. The molecule has 20 heavy (non-hydrogen) atoms. The van der Waals surface area contributed by atoms with Crippen molar-refractivity contribution in [2.75, 3.05) is 39.5 Å². The maximum absolute atomic E-state index is 5.97. The van der Waals surface area contributed by atoms with Crippen molar-refractivity contribution in [1.82, 2.24) is 10.2 Å². The molecule has 1 saturated heterocycles. The third-order valence-corrected chi connectivity index (χ3v) is 4.73. The van der Waals surface area contributed by atoms with Crippen LogP contribution in [0.25, 0.3) is 0 Å². The summed E-state index contributed by atoms with van der Waals surface area (Å²) < 4.78 is 11.5. The van der Waals surface area contributed by atoms with Crippen LogP contribution in [0, 0.1) is 0 Å². The van der Waals surface area contributed by atoms with Crippen molar-refractivity contribution in [2.45, 2.75) is 51.6 Å². The second kappa shape index (κ2) is 7.43. The molecule has 0 aromatic rings. The third-order valence-electron chi connectivity index (χ3n) is 4.73. The Morgan fingerprint density at radius 3 is 2.60 bits per heavy atom. The molecule has 4 nitrogen and oxygen atoms in total. The van der Waals surface area contributed by atoms with E-state index in [4.69, 9.17) is 9.47 Å². The Morgan fingerprint density at radius 1 is 1.30 bits per heavy atom. The van der Waals surface area contributed by atoms with Crippen molar-refractivity contribution in [1.29, 1.82) is 0 Å². The van der Waals surface area contributed by atoms with E-state index in [1.165, 1.54) is 0 Å². The average Bonchev–Trinajstić information content (AvgIpc) is 2.53. The summed E-state index contributed by atoms with van der Waals surface area (Å²) >= 11 is 0. The van der Waals surface area contributed by atoms with E-state index in [1.807, 2.05) is 0 Å². The van der Waals surface area contributed by atoms with Crippen LogP contribution in [0.15, 0.2) is 11.8 Å². The zero-order valence-corrected chi connectivity index (χ0v) is 13.3. The van der Waals surface area contributed by atoms with E-state index in [0.29, 0.717) is 0 Å². The fourth-order valence-electron chi connectivity index (χ4n) is 3.29. The maximum Gasteiger partial charge on any atom is 0.111 e. The number of hydrogen-bond acceptors (Lipinski definition) is 4. The van der Waals surface area contributed by atoms with Gasteiger partial charge in [0.15, 0.2) is 0 Å². The minimum atomic E-state index is 0.0863. The van der Waals surface area contributed by atoms with Gasteiger partial charge in [0.25, 0.3) is 0 Å². The van der Waals surface area contributed by atoms with Crippen molar-refractivity contribution in [3.8, 4) is 0 Å². The van der Waals surface area contributed by atoms with Gasteiger partial charge in [-0.05, 0) is 38.8 Å². The van der Waals surface area contributed by atoms with Gasteiger partial charge >= 0.3 is 0 Å². The van der Waals surface area contributed by atoms with Crippen LogP contribution in [0.5, 0.6) is 0 Å². The molecule has 2 unspecified atom stereocenters. The van der Waals surface area contributed by atoms with E-state index in [2.05, 4.69) is 37.1 Å². The second-order valence-corrected chi connectivity index (χ2v) is 5.90. The highest BCUT2D eigenvalue weighted by Crippen LogP contribution is 2.31. The number of hydrogen-bond donors (Lipinski definition) is 1. The molecule has 0 aliphatic carbocycles. The standard InChI is InChI=1S/C16H30N2O2/c1-4-16(3,18-9-12-19-13-10-18)15(17-5-2)14-8-6-7-11-20-14/h8,15,17H,4-7,9-13H2,1-3H3. The topological polar surface area (TPSA) is 33.7 Å². The first-order valence-electron chi connectivity index (χ1n) is 8.11. The van der Waals surface area contributed by atoms with Crippen molar-refractivity contribution < 1.29 is 9.47 Å². The molecule has 0 spiro atoms. The summed E-state index contributed by atoms with van der Waals surface area (Å²) in [5, 5.41) is 3.67. The average molecular weight is 282 g/mol. The second-order valence-electron chi connectivity index (χ2n) is 5.90. The van der Waals surface area contributed by atoms with E-state index >= 15 is 0 Å². The molecule has 0 aromatic carbocycles. The van der Waals surface area contributed by atoms with Crippen molar-refractivity contribution in [3.05, 3.63) is 11.8 Å². The molecule has 2 atom stereocenters. The van der Waals surface area contributed by atoms with Gasteiger partial charge in [0, 0.05) is 18.6 Å². The first-order chi connectivity index (χ1) is 9.72. The Balaban J connectivity index is 2.20. The van der Waals surface area contributed by atoms with Crippen LogP contribution in [0.4, 0.5) is 0 Å². The molecule has 1 fully saturated rings. The lowest BCUT2D eigenvalue weighted by Crippen LogP contribution is -2.62. The van der Waals surface area contributed by atoms with E-state index in [0.717, 1.165) is 64.5 Å². The van der Waals surface area contributed by atoms with E-state index in [9.17, 15) is 0 Å². The van der Waals surface area contributed by atoms with E-state index in [1.54, 1.807) is 0 Å².